The molecular formula is C32H37FN2. The van der Waals surface area contributed by atoms with E-state index in [9.17, 15) is 9.65 Å². The Morgan fingerprint density at radius 3 is 2.03 bits per heavy atom. The minimum Gasteiger partial charge on any atom is -0.341 e. The summed E-state index contributed by atoms with van der Waals surface area (Å²) < 4.78 is 13.7. The van der Waals surface area contributed by atoms with Crippen LogP contribution in [0.5, 0.6) is 0 Å². The van der Waals surface area contributed by atoms with Crippen LogP contribution >= 0.6 is 0 Å². The second-order valence-corrected chi connectivity index (χ2v) is 7.10. The lowest BCUT2D eigenvalue weighted by atomic mass is 10.0. The molecule has 0 fully saturated rings. The number of hydrogen-bond donors (Lipinski definition) is 0. The molecule has 3 heteroatoms. The molecule has 0 bridgehead atoms. The first-order valence-electron chi connectivity index (χ1n) is 11.4. The second kappa shape index (κ2) is 17.3. The molecule has 0 atom stereocenters. The largest absolute Gasteiger partial charge is 0.341 e. The van der Waals surface area contributed by atoms with Gasteiger partial charge in [0.1, 0.15) is 5.82 Å². The average Bonchev–Trinajstić information content (AvgIpc) is 2.91. The van der Waals surface area contributed by atoms with E-state index in [0.717, 1.165) is 28.1 Å². The maximum absolute atomic E-state index is 13.7. The minimum atomic E-state index is -0.294. The third-order valence-electron chi connectivity index (χ3n) is 4.77. The Hall–Kier alpha value is -4.16. The highest BCUT2D eigenvalue weighted by molar-refractivity contribution is 5.59. The van der Waals surface area contributed by atoms with E-state index in [1.54, 1.807) is 18.2 Å². The summed E-state index contributed by atoms with van der Waals surface area (Å²) in [6.45, 7) is 25.6. The number of nitriles is 1. The van der Waals surface area contributed by atoms with Crippen molar-refractivity contribution in [3.8, 4) is 6.07 Å². The molecule has 0 aliphatic carbocycles. The summed E-state index contributed by atoms with van der Waals surface area (Å²) in [5.74, 6) is -0.294. The quantitative estimate of drug-likeness (QED) is 0.337. The van der Waals surface area contributed by atoms with Crippen LogP contribution in [0.2, 0.25) is 0 Å². The number of anilines is 1. The van der Waals surface area contributed by atoms with Gasteiger partial charge >= 0.3 is 0 Å². The van der Waals surface area contributed by atoms with Crippen LogP contribution < -0.4 is 4.90 Å². The van der Waals surface area contributed by atoms with Gasteiger partial charge in [-0.2, -0.15) is 5.26 Å². The fourth-order valence-corrected chi connectivity index (χ4v) is 3.04. The normalized spacial score (nSPS) is 8.80. The molecule has 0 aliphatic rings. The average molecular weight is 469 g/mol. The van der Waals surface area contributed by atoms with Crippen LogP contribution in [0.25, 0.3) is 12.2 Å². The third-order valence-corrected chi connectivity index (χ3v) is 4.77. The van der Waals surface area contributed by atoms with Crippen LogP contribution in [0.3, 0.4) is 0 Å². The van der Waals surface area contributed by atoms with Gasteiger partial charge in [-0.1, -0.05) is 88.2 Å². The van der Waals surface area contributed by atoms with Gasteiger partial charge in [-0.25, -0.2) is 4.39 Å². The Morgan fingerprint density at radius 1 is 0.943 bits per heavy atom. The molecule has 0 radical (unpaired) electrons. The third kappa shape index (κ3) is 10.1. The fraction of sp³-hybridized carbons (Fsp3) is 0.156. The monoisotopic (exact) mass is 468 g/mol. The smallest absolute Gasteiger partial charge is 0.125 e. The predicted octanol–water partition coefficient (Wildman–Crippen LogP) is 9.35. The summed E-state index contributed by atoms with van der Waals surface area (Å²) in [4.78, 5) is 1.92. The molecule has 35 heavy (non-hydrogen) atoms. The number of halogens is 1. The van der Waals surface area contributed by atoms with Crippen LogP contribution in [-0.2, 0) is 6.54 Å². The van der Waals surface area contributed by atoms with Crippen molar-refractivity contribution in [2.24, 2.45) is 0 Å². The molecule has 3 aromatic rings. The van der Waals surface area contributed by atoms with Gasteiger partial charge in [-0.3, -0.25) is 0 Å². The maximum Gasteiger partial charge on any atom is 0.125 e. The van der Waals surface area contributed by atoms with E-state index >= 15 is 0 Å². The lowest BCUT2D eigenvalue weighted by Crippen LogP contribution is -2.21. The zero-order valence-electron chi connectivity index (χ0n) is 21.5. The van der Waals surface area contributed by atoms with E-state index in [1.807, 2.05) is 81.1 Å². The summed E-state index contributed by atoms with van der Waals surface area (Å²) in [6, 6.07) is 22.5. The van der Waals surface area contributed by atoms with Crippen molar-refractivity contribution in [2.45, 2.75) is 34.2 Å². The Morgan fingerprint density at radius 2 is 1.54 bits per heavy atom. The topological polar surface area (TPSA) is 27.0 Å². The minimum absolute atomic E-state index is 0.294. The number of rotatable bonds is 6. The highest BCUT2D eigenvalue weighted by atomic mass is 19.1. The van der Waals surface area contributed by atoms with Gasteiger partial charge in [0, 0.05) is 17.9 Å². The molecular weight excluding hydrogens is 431 g/mol. The van der Waals surface area contributed by atoms with Crippen LogP contribution in [0.4, 0.5) is 10.1 Å². The van der Waals surface area contributed by atoms with Crippen molar-refractivity contribution >= 4 is 17.8 Å². The molecule has 0 saturated carbocycles. The van der Waals surface area contributed by atoms with Crippen LogP contribution in [-0.4, -0.2) is 0 Å². The van der Waals surface area contributed by atoms with Crippen molar-refractivity contribution < 1.29 is 4.39 Å². The molecule has 0 aromatic heterocycles. The summed E-state index contributed by atoms with van der Waals surface area (Å²) in [6.07, 6.45) is 3.57. The van der Waals surface area contributed by atoms with E-state index in [0.29, 0.717) is 12.1 Å². The van der Waals surface area contributed by atoms with Gasteiger partial charge in [0.15, 0.2) is 0 Å². The molecule has 0 aliphatic heterocycles. The van der Waals surface area contributed by atoms with Gasteiger partial charge in [0.2, 0.25) is 0 Å². The zero-order valence-corrected chi connectivity index (χ0v) is 21.5. The summed E-state index contributed by atoms with van der Waals surface area (Å²) in [7, 11) is 0. The van der Waals surface area contributed by atoms with Crippen molar-refractivity contribution in [3.63, 3.8) is 0 Å². The molecule has 2 nitrogen and oxygen atoms in total. The van der Waals surface area contributed by atoms with E-state index in [-0.39, 0.29) is 5.82 Å². The highest BCUT2D eigenvalue weighted by Gasteiger charge is 2.14. The Balaban J connectivity index is 0.000000801. The van der Waals surface area contributed by atoms with Crippen molar-refractivity contribution in [2.75, 3.05) is 4.90 Å². The van der Waals surface area contributed by atoms with Gasteiger partial charge in [0.05, 0.1) is 11.6 Å². The SMILES string of the molecule is C=C.C=Cc1ccc(C#N)c(CN(C(=C)C)c2cc(F)ccc2C)c1.C=Cc1ccccc1.CC. The van der Waals surface area contributed by atoms with Crippen LogP contribution in [0.15, 0.2) is 105 Å². The van der Waals surface area contributed by atoms with Crippen molar-refractivity contribution in [1.29, 1.82) is 5.26 Å². The van der Waals surface area contributed by atoms with Gasteiger partial charge in [0.25, 0.3) is 0 Å². The predicted molar refractivity (Wildman–Crippen MR) is 153 cm³/mol. The van der Waals surface area contributed by atoms with Crippen molar-refractivity contribution in [1.82, 2.24) is 0 Å². The summed E-state index contributed by atoms with van der Waals surface area (Å²) in [5.41, 5.74) is 6.06. The van der Waals surface area contributed by atoms with Gasteiger partial charge in [-0.05, 0) is 60.4 Å². The van der Waals surface area contributed by atoms with Gasteiger partial charge in [-0.15, -0.1) is 13.2 Å². The molecule has 0 spiro atoms. The first-order valence-corrected chi connectivity index (χ1v) is 11.4. The Bertz CT molecular complexity index is 1120. The van der Waals surface area contributed by atoms with Crippen LogP contribution in [0.1, 0.15) is 48.6 Å². The lowest BCUT2D eigenvalue weighted by molar-refractivity contribution is 0.626. The standard InChI is InChI=1S/C20H19FN2.C8H8.C2H6.C2H4/c1-5-16-7-8-17(12-22)18(10-16)13-23(14(2)3)20-11-19(21)9-6-15(20)4;1-2-8-6-4-3-5-7-8;2*1-2/h5-11H,1-2,13H2,3-4H3;2-7H,1H2;1-2H3;1-2H2. The highest BCUT2D eigenvalue weighted by Crippen LogP contribution is 2.27. The fourth-order valence-electron chi connectivity index (χ4n) is 3.04. The summed E-state index contributed by atoms with van der Waals surface area (Å²) >= 11 is 0. The van der Waals surface area contributed by atoms with Gasteiger partial charge < -0.3 is 4.90 Å². The van der Waals surface area contributed by atoms with E-state index in [2.05, 4.69) is 39.0 Å². The lowest BCUT2D eigenvalue weighted by Gasteiger charge is -2.27. The molecule has 0 amide bonds. The molecule has 0 saturated heterocycles. The maximum atomic E-state index is 13.7. The van der Waals surface area contributed by atoms with E-state index < -0.39 is 0 Å². The molecule has 0 unspecified atom stereocenters. The van der Waals surface area contributed by atoms with E-state index in [1.165, 1.54) is 17.7 Å². The number of allylic oxidation sites excluding steroid dienone is 1. The summed E-state index contributed by atoms with van der Waals surface area (Å²) in [5, 5.41) is 9.33. The number of benzene rings is 3. The number of aryl methyl sites for hydroxylation is 1. The Labute approximate surface area is 211 Å². The first kappa shape index (κ1) is 30.8. The molecule has 3 rings (SSSR count). The molecule has 0 N–H and O–H groups in total. The first-order chi connectivity index (χ1) is 16.9. The number of nitrogens with zero attached hydrogens (tertiary/aromatic N) is 2. The van der Waals surface area contributed by atoms with E-state index in [4.69, 9.17) is 0 Å². The second-order valence-electron chi connectivity index (χ2n) is 7.10. The zero-order chi connectivity index (χ0) is 26.8. The van der Waals surface area contributed by atoms with Crippen molar-refractivity contribution in [3.05, 3.63) is 139 Å². The Kier molecular flexibility index (Phi) is 15.3. The molecule has 0 heterocycles. The molecule has 182 valence electrons. The number of hydrogen-bond acceptors (Lipinski definition) is 2. The van der Waals surface area contributed by atoms with Crippen LogP contribution in [0, 0.1) is 24.1 Å². The molecule has 3 aromatic carbocycles.